The molecule has 0 spiro atoms. The topological polar surface area (TPSA) is 247 Å². The number of carboxylic acid groups (broad SMARTS) is 2. The van der Waals surface area contributed by atoms with Crippen molar-refractivity contribution in [2.45, 2.75) is 62.7 Å². The molecule has 15 heteroatoms. The summed E-state index contributed by atoms with van der Waals surface area (Å²) in [6.45, 7) is 0. The highest BCUT2D eigenvalue weighted by Crippen LogP contribution is 2.19. The maximum atomic E-state index is 13.2. The zero-order chi connectivity index (χ0) is 30.5. The lowest BCUT2D eigenvalue weighted by molar-refractivity contribution is -0.142. The molecule has 0 aliphatic heterocycles. The first kappa shape index (κ1) is 33.1. The molecule has 224 valence electrons. The van der Waals surface area contributed by atoms with Gasteiger partial charge in [0.15, 0.2) is 0 Å². The highest BCUT2D eigenvalue weighted by molar-refractivity contribution is 7.98. The van der Waals surface area contributed by atoms with E-state index in [0.717, 1.165) is 16.5 Å². The molecule has 0 aliphatic carbocycles. The maximum Gasteiger partial charge on any atom is 0.326 e. The molecular formula is C26H36N6O8S. The third kappa shape index (κ3) is 10.8. The Morgan fingerprint density at radius 3 is 2.07 bits per heavy atom. The largest absolute Gasteiger partial charge is 0.481 e. The summed E-state index contributed by atoms with van der Waals surface area (Å²) in [5.41, 5.74) is 12.8. The Labute approximate surface area is 240 Å². The van der Waals surface area contributed by atoms with Crippen molar-refractivity contribution in [1.29, 1.82) is 0 Å². The van der Waals surface area contributed by atoms with Gasteiger partial charge >= 0.3 is 11.9 Å². The lowest BCUT2D eigenvalue weighted by Crippen LogP contribution is -2.57. The minimum Gasteiger partial charge on any atom is -0.481 e. The van der Waals surface area contributed by atoms with E-state index >= 15 is 0 Å². The number of fused-ring (bicyclic) bond motifs is 1. The Morgan fingerprint density at radius 1 is 0.878 bits per heavy atom. The van der Waals surface area contributed by atoms with Gasteiger partial charge < -0.3 is 42.6 Å². The Bertz CT molecular complexity index is 1250. The van der Waals surface area contributed by atoms with Gasteiger partial charge in [0, 0.05) is 29.9 Å². The van der Waals surface area contributed by atoms with Gasteiger partial charge in [-0.25, -0.2) is 4.79 Å². The second kappa shape index (κ2) is 16.2. The summed E-state index contributed by atoms with van der Waals surface area (Å²) in [4.78, 5) is 76.0. The Balaban J connectivity index is 2.14. The number of carbonyl (C=O) groups is 6. The first-order chi connectivity index (χ1) is 19.4. The van der Waals surface area contributed by atoms with Crippen LogP contribution in [-0.4, -0.2) is 86.9 Å². The molecule has 1 heterocycles. The smallest absolute Gasteiger partial charge is 0.326 e. The molecule has 14 nitrogen and oxygen atoms in total. The van der Waals surface area contributed by atoms with Crippen molar-refractivity contribution >= 4 is 58.2 Å². The molecule has 4 amide bonds. The van der Waals surface area contributed by atoms with E-state index in [1.165, 1.54) is 11.8 Å². The van der Waals surface area contributed by atoms with Gasteiger partial charge in [0.2, 0.25) is 23.6 Å². The zero-order valence-electron chi connectivity index (χ0n) is 22.6. The van der Waals surface area contributed by atoms with E-state index < -0.39 is 66.2 Å². The Hall–Kier alpha value is -4.11. The SMILES string of the molecule is CSCCC(NC(=O)C(CCC(=O)O)NC(=O)C(N)Cc1c[nH]c2ccccc12)C(=O)NC(CCC(N)=O)C(=O)O. The molecule has 4 atom stereocenters. The first-order valence-electron chi connectivity index (χ1n) is 12.9. The summed E-state index contributed by atoms with van der Waals surface area (Å²) >= 11 is 1.38. The second-order valence-corrected chi connectivity index (χ2v) is 10.4. The van der Waals surface area contributed by atoms with E-state index in [1.807, 2.05) is 24.3 Å². The highest BCUT2D eigenvalue weighted by Gasteiger charge is 2.30. The van der Waals surface area contributed by atoms with Crippen LogP contribution in [0.3, 0.4) is 0 Å². The molecule has 0 radical (unpaired) electrons. The lowest BCUT2D eigenvalue weighted by Gasteiger charge is -2.25. The number of nitrogens with one attached hydrogen (secondary N) is 4. The Kier molecular flexibility index (Phi) is 13.1. The standard InChI is InChI=1S/C26H36N6O8S/c1-41-11-10-19(25(38)32-20(26(39)40)6-8-21(28)33)31-24(37)18(7-9-22(34)35)30-23(36)16(27)12-14-13-29-17-5-3-2-4-15(14)17/h2-5,13,16,18-20,29H,6-12,27H2,1H3,(H2,28,33)(H,30,36)(H,31,37)(H,32,38)(H,34,35)(H,39,40). The van der Waals surface area contributed by atoms with E-state index in [1.54, 1.807) is 12.5 Å². The molecule has 0 saturated carbocycles. The minimum absolute atomic E-state index is 0.112. The summed E-state index contributed by atoms with van der Waals surface area (Å²) in [5, 5.41) is 26.7. The average Bonchev–Trinajstić information content (AvgIpc) is 3.32. The van der Waals surface area contributed by atoms with Crippen LogP contribution in [0.5, 0.6) is 0 Å². The summed E-state index contributed by atoms with van der Waals surface area (Å²) in [6.07, 6.45) is 2.51. The molecule has 4 unspecified atom stereocenters. The maximum absolute atomic E-state index is 13.2. The molecule has 1 aromatic carbocycles. The number of hydrogen-bond acceptors (Lipinski definition) is 8. The van der Waals surface area contributed by atoms with Crippen molar-refractivity contribution in [1.82, 2.24) is 20.9 Å². The van der Waals surface area contributed by atoms with E-state index in [4.69, 9.17) is 16.6 Å². The molecule has 0 saturated heterocycles. The predicted molar refractivity (Wildman–Crippen MR) is 152 cm³/mol. The number of aromatic amines is 1. The predicted octanol–water partition coefficient (Wildman–Crippen LogP) is -0.540. The average molecular weight is 593 g/mol. The van der Waals surface area contributed by atoms with Gasteiger partial charge in [-0.2, -0.15) is 11.8 Å². The van der Waals surface area contributed by atoms with Crippen molar-refractivity contribution in [3.05, 3.63) is 36.0 Å². The molecule has 2 rings (SSSR count). The monoisotopic (exact) mass is 592 g/mol. The van der Waals surface area contributed by atoms with E-state index in [9.17, 15) is 33.9 Å². The molecule has 10 N–H and O–H groups in total. The number of carboxylic acids is 2. The van der Waals surface area contributed by atoms with Crippen LogP contribution in [0.25, 0.3) is 10.9 Å². The van der Waals surface area contributed by atoms with E-state index in [2.05, 4.69) is 20.9 Å². The normalized spacial score (nSPS) is 13.9. The van der Waals surface area contributed by atoms with Crippen LogP contribution in [-0.2, 0) is 35.2 Å². The number of para-hydroxylation sites is 1. The van der Waals surface area contributed by atoms with Gasteiger partial charge in [0.05, 0.1) is 6.04 Å². The highest BCUT2D eigenvalue weighted by atomic mass is 32.2. The molecular weight excluding hydrogens is 556 g/mol. The third-order valence-electron chi connectivity index (χ3n) is 6.27. The van der Waals surface area contributed by atoms with E-state index in [-0.39, 0.29) is 32.1 Å². The van der Waals surface area contributed by atoms with Crippen LogP contribution in [0.4, 0.5) is 0 Å². The first-order valence-corrected chi connectivity index (χ1v) is 14.3. The number of primary amides is 1. The van der Waals surface area contributed by atoms with Gasteiger partial charge in [0.25, 0.3) is 0 Å². The minimum atomic E-state index is -1.42. The van der Waals surface area contributed by atoms with Gasteiger partial charge in [0.1, 0.15) is 18.1 Å². The zero-order valence-corrected chi connectivity index (χ0v) is 23.4. The Morgan fingerprint density at radius 2 is 1.46 bits per heavy atom. The number of carbonyl (C=O) groups excluding carboxylic acids is 4. The van der Waals surface area contributed by atoms with Crippen molar-refractivity contribution in [2.75, 3.05) is 12.0 Å². The van der Waals surface area contributed by atoms with Crippen LogP contribution in [0.1, 0.15) is 37.7 Å². The summed E-state index contributed by atoms with van der Waals surface area (Å²) in [6, 6.07) is 2.43. The molecule has 2 aromatic rings. The van der Waals surface area contributed by atoms with Gasteiger partial charge in [-0.15, -0.1) is 0 Å². The van der Waals surface area contributed by atoms with E-state index in [0.29, 0.717) is 5.75 Å². The fourth-order valence-electron chi connectivity index (χ4n) is 4.04. The molecule has 0 aliphatic rings. The number of hydrogen-bond donors (Lipinski definition) is 8. The van der Waals surface area contributed by atoms with Gasteiger partial charge in [-0.1, -0.05) is 18.2 Å². The summed E-state index contributed by atoms with van der Waals surface area (Å²) < 4.78 is 0. The molecule has 41 heavy (non-hydrogen) atoms. The number of thioether (sulfide) groups is 1. The quantitative estimate of drug-likeness (QED) is 0.110. The number of amides is 4. The number of benzene rings is 1. The number of H-pyrrole nitrogens is 1. The number of rotatable bonds is 18. The van der Waals surface area contributed by atoms with Crippen LogP contribution in [0.2, 0.25) is 0 Å². The van der Waals surface area contributed by atoms with Crippen molar-refractivity contribution in [3.8, 4) is 0 Å². The van der Waals surface area contributed by atoms with Crippen LogP contribution < -0.4 is 27.4 Å². The number of aliphatic carboxylic acids is 2. The third-order valence-corrected chi connectivity index (χ3v) is 6.91. The van der Waals surface area contributed by atoms with Crippen LogP contribution in [0, 0.1) is 0 Å². The lowest BCUT2D eigenvalue weighted by atomic mass is 10.0. The number of nitrogens with two attached hydrogens (primary N) is 2. The van der Waals surface area contributed by atoms with Crippen LogP contribution in [0.15, 0.2) is 30.5 Å². The van der Waals surface area contributed by atoms with Crippen molar-refractivity contribution < 1.29 is 39.0 Å². The molecule has 0 bridgehead atoms. The van der Waals surface area contributed by atoms with Crippen LogP contribution >= 0.6 is 11.8 Å². The van der Waals surface area contributed by atoms with Crippen molar-refractivity contribution in [2.24, 2.45) is 11.5 Å². The summed E-state index contributed by atoms with van der Waals surface area (Å²) in [7, 11) is 0. The summed E-state index contributed by atoms with van der Waals surface area (Å²) in [5.74, 6) is -5.24. The molecule has 0 fully saturated rings. The molecule has 1 aromatic heterocycles. The fraction of sp³-hybridized carbons (Fsp3) is 0.462. The number of aromatic nitrogens is 1. The van der Waals surface area contributed by atoms with Gasteiger partial charge in [-0.05, 0) is 49.3 Å². The van der Waals surface area contributed by atoms with Gasteiger partial charge in [-0.3, -0.25) is 24.0 Å². The fourth-order valence-corrected chi connectivity index (χ4v) is 4.51. The van der Waals surface area contributed by atoms with Crippen molar-refractivity contribution in [3.63, 3.8) is 0 Å². The second-order valence-electron chi connectivity index (χ2n) is 9.41.